The van der Waals surface area contributed by atoms with Gasteiger partial charge in [0.15, 0.2) is 11.5 Å². The number of primary amides is 1. The number of halogens is 3. The molecule has 0 fully saturated rings. The van der Waals surface area contributed by atoms with Crippen molar-refractivity contribution in [3.05, 3.63) is 41.2 Å². The van der Waals surface area contributed by atoms with Crippen molar-refractivity contribution in [2.45, 2.75) is 38.1 Å². The molecule has 0 aliphatic carbocycles. The number of carbonyl (C=O) groups excluding carboxylic acids is 2. The number of hydrogen-bond acceptors (Lipinski definition) is 7. The van der Waals surface area contributed by atoms with E-state index in [2.05, 4.69) is 15.3 Å². The number of aromatic nitrogens is 2. The Bertz CT molecular complexity index is 1070. The zero-order valence-electron chi connectivity index (χ0n) is 16.5. The van der Waals surface area contributed by atoms with E-state index in [9.17, 15) is 27.9 Å². The van der Waals surface area contributed by atoms with Gasteiger partial charge in [0, 0.05) is 17.2 Å². The van der Waals surface area contributed by atoms with Gasteiger partial charge in [0.2, 0.25) is 0 Å². The fourth-order valence-electron chi connectivity index (χ4n) is 2.74. The number of aryl methyl sites for hydroxylation is 1. The van der Waals surface area contributed by atoms with Crippen molar-refractivity contribution in [3.63, 3.8) is 0 Å². The lowest BCUT2D eigenvalue weighted by Crippen LogP contribution is -2.52. The van der Waals surface area contributed by atoms with Gasteiger partial charge in [0.25, 0.3) is 17.4 Å². The van der Waals surface area contributed by atoms with Gasteiger partial charge >= 0.3 is 6.18 Å². The summed E-state index contributed by atoms with van der Waals surface area (Å²) < 4.78 is 40.2. The van der Waals surface area contributed by atoms with E-state index < -0.39 is 35.2 Å². The summed E-state index contributed by atoms with van der Waals surface area (Å²) in [5.74, 6) is -2.96. The first-order valence-electron chi connectivity index (χ1n) is 8.83. The number of nitrogen functional groups attached to an aromatic ring is 1. The zero-order chi connectivity index (χ0) is 23.6. The third-order valence-corrected chi connectivity index (χ3v) is 4.49. The number of benzene rings is 1. The lowest BCUT2D eigenvalue weighted by molar-refractivity contribution is -0.255. The molecule has 0 radical (unpaired) electrons. The summed E-state index contributed by atoms with van der Waals surface area (Å²) in [6.45, 7) is 3.13. The number of rotatable bonds is 6. The predicted molar refractivity (Wildman–Crippen MR) is 103 cm³/mol. The summed E-state index contributed by atoms with van der Waals surface area (Å²) in [5, 5.41) is 21.3. The molecule has 0 aliphatic rings. The molecule has 2 aromatic rings. The molecule has 2 rings (SSSR count). The molecule has 0 saturated heterocycles. The highest BCUT2D eigenvalue weighted by Crippen LogP contribution is 2.40. The van der Waals surface area contributed by atoms with Crippen LogP contribution in [0.25, 0.3) is 11.3 Å². The number of anilines is 1. The summed E-state index contributed by atoms with van der Waals surface area (Å²) in [5.41, 5.74) is 5.95. The number of nitrogens with two attached hydrogens (primary N) is 2. The van der Waals surface area contributed by atoms with Crippen LogP contribution in [0, 0.1) is 18.3 Å². The van der Waals surface area contributed by atoms with Gasteiger partial charge in [-0.3, -0.25) is 9.59 Å². The monoisotopic (exact) mass is 436 g/mol. The highest BCUT2D eigenvalue weighted by molar-refractivity contribution is 5.97. The van der Waals surface area contributed by atoms with Crippen LogP contribution in [0.1, 0.15) is 35.0 Å². The van der Waals surface area contributed by atoms with Crippen LogP contribution in [0.5, 0.6) is 0 Å². The van der Waals surface area contributed by atoms with Gasteiger partial charge in [-0.2, -0.15) is 18.4 Å². The molecule has 6 N–H and O–H groups in total. The Morgan fingerprint density at radius 1 is 1.35 bits per heavy atom. The highest BCUT2D eigenvalue weighted by atomic mass is 19.4. The van der Waals surface area contributed by atoms with Crippen LogP contribution >= 0.6 is 0 Å². The van der Waals surface area contributed by atoms with E-state index in [-0.39, 0.29) is 29.2 Å². The van der Waals surface area contributed by atoms with Gasteiger partial charge in [-0.15, -0.1) is 0 Å². The summed E-state index contributed by atoms with van der Waals surface area (Å²) in [6, 6.07) is 4.43. The fourth-order valence-corrected chi connectivity index (χ4v) is 2.74. The van der Waals surface area contributed by atoms with E-state index >= 15 is 0 Å². The minimum Gasteiger partial charge on any atom is -0.382 e. The normalized spacial score (nSPS) is 14.2. The Kier molecular flexibility index (Phi) is 6.51. The predicted octanol–water partition coefficient (Wildman–Crippen LogP) is 1.30. The largest absolute Gasteiger partial charge is 0.430 e. The summed E-state index contributed by atoms with van der Waals surface area (Å²) in [6.07, 6.45) is -4.21. The Morgan fingerprint density at radius 3 is 2.55 bits per heavy atom. The van der Waals surface area contributed by atoms with Gasteiger partial charge in [-0.1, -0.05) is 12.1 Å². The number of nitriles is 1. The number of aliphatic hydroxyl groups is 1. The molecule has 9 nitrogen and oxygen atoms in total. The maximum absolute atomic E-state index is 13.4. The first-order chi connectivity index (χ1) is 14.3. The Morgan fingerprint density at radius 2 is 2.00 bits per heavy atom. The van der Waals surface area contributed by atoms with E-state index in [1.54, 1.807) is 13.8 Å². The van der Waals surface area contributed by atoms with Crippen LogP contribution in [-0.4, -0.2) is 39.1 Å². The van der Waals surface area contributed by atoms with Crippen molar-refractivity contribution in [1.29, 1.82) is 5.26 Å². The molecule has 2 amide bonds. The minimum absolute atomic E-state index is 0.0272. The summed E-state index contributed by atoms with van der Waals surface area (Å²) >= 11 is 0. The quantitative estimate of drug-likeness (QED) is 0.529. The lowest BCUT2D eigenvalue weighted by atomic mass is 9.89. The van der Waals surface area contributed by atoms with Gasteiger partial charge in [0.1, 0.15) is 0 Å². The van der Waals surface area contributed by atoms with E-state index in [0.29, 0.717) is 5.56 Å². The SMILES string of the molecule is Cc1ccc(C(O)(C(N)=O)C(F)(F)F)cc1-c1cnc(N)c(C(=O)NC(C)CC#N)n1. The zero-order valence-corrected chi connectivity index (χ0v) is 16.5. The summed E-state index contributed by atoms with van der Waals surface area (Å²) in [4.78, 5) is 31.8. The molecule has 2 unspecified atom stereocenters. The maximum Gasteiger partial charge on any atom is 0.430 e. The van der Waals surface area contributed by atoms with Crippen LogP contribution in [0.4, 0.5) is 19.0 Å². The number of carbonyl (C=O) groups is 2. The Labute approximate surface area is 174 Å². The average molecular weight is 436 g/mol. The molecule has 1 heterocycles. The van der Waals surface area contributed by atoms with Crippen molar-refractivity contribution >= 4 is 17.6 Å². The van der Waals surface area contributed by atoms with Crippen molar-refractivity contribution in [2.75, 3.05) is 5.73 Å². The standard InChI is InChI=1S/C19H19F3N6O3/c1-9-3-4-11(18(31,17(25)30)19(20,21)22)7-12(9)13-8-26-15(24)14(28-13)16(29)27-10(2)5-6-23/h3-4,7-8,10,31H,5H2,1-2H3,(H2,24,26)(H2,25,30)(H,27,29). The molecule has 0 aliphatic heterocycles. The average Bonchev–Trinajstić information content (AvgIpc) is 2.67. The Balaban J connectivity index is 2.58. The summed E-state index contributed by atoms with van der Waals surface area (Å²) in [7, 11) is 0. The second kappa shape index (κ2) is 8.57. The molecule has 0 spiro atoms. The number of nitrogens with zero attached hydrogens (tertiary/aromatic N) is 3. The number of alkyl halides is 3. The van der Waals surface area contributed by atoms with E-state index in [1.807, 2.05) is 6.07 Å². The van der Waals surface area contributed by atoms with Gasteiger partial charge in [-0.25, -0.2) is 9.97 Å². The number of amides is 2. The first kappa shape index (κ1) is 23.6. The van der Waals surface area contributed by atoms with Gasteiger partial charge in [0.05, 0.1) is 24.4 Å². The topological polar surface area (TPSA) is 168 Å². The van der Waals surface area contributed by atoms with E-state index in [0.717, 1.165) is 18.3 Å². The third-order valence-electron chi connectivity index (χ3n) is 4.49. The smallest absolute Gasteiger partial charge is 0.382 e. The fraction of sp³-hybridized carbons (Fsp3) is 0.316. The molecule has 0 bridgehead atoms. The number of nitrogens with one attached hydrogen (secondary N) is 1. The second-order valence-electron chi connectivity index (χ2n) is 6.83. The lowest BCUT2D eigenvalue weighted by Gasteiger charge is -2.28. The van der Waals surface area contributed by atoms with E-state index in [4.69, 9.17) is 16.7 Å². The van der Waals surface area contributed by atoms with Crippen molar-refractivity contribution < 1.29 is 27.9 Å². The highest BCUT2D eigenvalue weighted by Gasteiger charge is 2.60. The third kappa shape index (κ3) is 4.56. The second-order valence-corrected chi connectivity index (χ2v) is 6.83. The van der Waals surface area contributed by atoms with Crippen molar-refractivity contribution in [1.82, 2.24) is 15.3 Å². The van der Waals surface area contributed by atoms with Crippen LogP contribution in [0.3, 0.4) is 0 Å². The minimum atomic E-state index is -5.37. The van der Waals surface area contributed by atoms with Gasteiger partial charge < -0.3 is 21.9 Å². The number of hydrogen-bond donors (Lipinski definition) is 4. The molecular weight excluding hydrogens is 417 g/mol. The molecule has 1 aromatic heterocycles. The van der Waals surface area contributed by atoms with Crippen LogP contribution in [0.2, 0.25) is 0 Å². The first-order valence-corrected chi connectivity index (χ1v) is 8.83. The van der Waals surface area contributed by atoms with Crippen LogP contribution in [0.15, 0.2) is 24.4 Å². The van der Waals surface area contributed by atoms with Crippen molar-refractivity contribution in [2.24, 2.45) is 5.73 Å². The van der Waals surface area contributed by atoms with E-state index in [1.165, 1.54) is 6.07 Å². The van der Waals surface area contributed by atoms with Gasteiger partial charge in [-0.05, 0) is 25.5 Å². The van der Waals surface area contributed by atoms with Crippen LogP contribution < -0.4 is 16.8 Å². The molecular formula is C19H19F3N6O3. The molecule has 0 saturated carbocycles. The molecule has 31 heavy (non-hydrogen) atoms. The molecule has 2 atom stereocenters. The van der Waals surface area contributed by atoms with Crippen molar-refractivity contribution in [3.8, 4) is 17.3 Å². The Hall–Kier alpha value is -3.72. The molecule has 164 valence electrons. The van der Waals surface area contributed by atoms with Crippen LogP contribution in [-0.2, 0) is 10.4 Å². The molecule has 1 aromatic carbocycles. The maximum atomic E-state index is 13.4. The molecule has 12 heteroatoms.